The Bertz CT molecular complexity index is 1460. The number of carbonyl (C=O) groups excluding carboxylic acids is 1. The number of hydrogen-bond donors (Lipinski definition) is 1. The zero-order valence-corrected chi connectivity index (χ0v) is 23.9. The van der Waals surface area contributed by atoms with Crippen LogP contribution in [0.15, 0.2) is 66.1 Å². The molecule has 4 rings (SSSR count). The molecule has 0 radical (unpaired) electrons. The van der Waals surface area contributed by atoms with E-state index in [4.69, 9.17) is 15.5 Å². The Kier molecular flexibility index (Phi) is 8.38. The van der Waals surface area contributed by atoms with Crippen molar-refractivity contribution < 1.29 is 9.53 Å². The monoisotopic (exact) mass is 539 g/mol. The van der Waals surface area contributed by atoms with Gasteiger partial charge in [0, 0.05) is 37.0 Å². The number of nitriles is 1. The molecule has 208 valence electrons. The summed E-state index contributed by atoms with van der Waals surface area (Å²) < 4.78 is 7.85. The van der Waals surface area contributed by atoms with Crippen molar-refractivity contribution in [2.75, 3.05) is 19.8 Å². The van der Waals surface area contributed by atoms with E-state index in [1.54, 1.807) is 37.2 Å². The average molecular weight is 540 g/mol. The lowest BCUT2D eigenvalue weighted by molar-refractivity contribution is -0.129. The molecular formula is C31H37N7O2. The lowest BCUT2D eigenvalue weighted by Gasteiger charge is -2.31. The molecule has 1 fully saturated rings. The van der Waals surface area contributed by atoms with Crippen molar-refractivity contribution in [3.05, 3.63) is 77.9 Å². The standard InChI is InChI=1S/C31H37N7O2/c1-7-20(2)40-30(23-17-34-38(18-23)19-29(39)37(5)6)35-21(3)31(4,25-12-13-25)24-10-8-22(9-11-24)26-14-15-28(33)36-27(26)16-32/h8-11,14-15,17-18,20,25H,3,7,12-13,19H2,1-2,4-6H3,(H2,33,36). The number of nitrogen functional groups attached to an aromatic ring is 1. The molecule has 2 N–H and O–H groups in total. The lowest BCUT2D eigenvalue weighted by Crippen LogP contribution is -2.28. The van der Waals surface area contributed by atoms with Crippen molar-refractivity contribution in [3.63, 3.8) is 0 Å². The molecule has 1 saturated carbocycles. The molecule has 9 heteroatoms. The third-order valence-electron chi connectivity index (χ3n) is 7.61. The molecule has 1 aromatic carbocycles. The highest BCUT2D eigenvalue weighted by Crippen LogP contribution is 2.51. The third-order valence-corrected chi connectivity index (χ3v) is 7.61. The molecule has 2 heterocycles. The summed E-state index contributed by atoms with van der Waals surface area (Å²) in [6.45, 7) is 10.8. The summed E-state index contributed by atoms with van der Waals surface area (Å²) in [4.78, 5) is 22.9. The topological polar surface area (TPSA) is 122 Å². The fourth-order valence-electron chi connectivity index (χ4n) is 4.60. The number of amides is 1. The molecule has 3 aromatic rings. The molecule has 1 aliphatic rings. The first-order chi connectivity index (χ1) is 19.1. The van der Waals surface area contributed by atoms with Crippen LogP contribution in [0.2, 0.25) is 0 Å². The first-order valence-electron chi connectivity index (χ1n) is 13.5. The molecule has 2 aromatic heterocycles. The number of nitrogens with zero attached hydrogens (tertiary/aromatic N) is 6. The maximum absolute atomic E-state index is 12.2. The molecule has 9 nitrogen and oxygen atoms in total. The maximum Gasteiger partial charge on any atom is 0.243 e. The van der Waals surface area contributed by atoms with Crippen molar-refractivity contribution in [2.24, 2.45) is 10.9 Å². The van der Waals surface area contributed by atoms with Gasteiger partial charge in [-0.3, -0.25) is 9.48 Å². The second-order valence-electron chi connectivity index (χ2n) is 10.7. The summed E-state index contributed by atoms with van der Waals surface area (Å²) in [7, 11) is 3.44. The van der Waals surface area contributed by atoms with Crippen molar-refractivity contribution in [2.45, 2.75) is 58.1 Å². The van der Waals surface area contributed by atoms with Crippen LogP contribution in [-0.4, -0.2) is 51.7 Å². The minimum Gasteiger partial charge on any atom is -0.474 e. The van der Waals surface area contributed by atoms with E-state index in [1.165, 1.54) is 4.90 Å². The number of ether oxygens (including phenoxy) is 1. The third kappa shape index (κ3) is 6.07. The van der Waals surface area contributed by atoms with Crippen LogP contribution in [0.3, 0.4) is 0 Å². The molecule has 2 unspecified atom stereocenters. The van der Waals surface area contributed by atoms with E-state index in [9.17, 15) is 10.1 Å². The Labute approximate surface area is 236 Å². The molecule has 2 atom stereocenters. The highest BCUT2D eigenvalue weighted by atomic mass is 16.5. The van der Waals surface area contributed by atoms with Crippen molar-refractivity contribution in [1.29, 1.82) is 5.26 Å². The first kappa shape index (κ1) is 28.6. The van der Waals surface area contributed by atoms with Gasteiger partial charge < -0.3 is 15.4 Å². The van der Waals surface area contributed by atoms with Gasteiger partial charge in [-0.25, -0.2) is 9.98 Å². The summed E-state index contributed by atoms with van der Waals surface area (Å²) in [5.41, 5.74) is 9.76. The van der Waals surface area contributed by atoms with Gasteiger partial charge >= 0.3 is 0 Å². The number of aromatic nitrogens is 3. The van der Waals surface area contributed by atoms with Crippen LogP contribution >= 0.6 is 0 Å². The number of likely N-dealkylation sites (N-methyl/N-ethyl adjacent to an activating group) is 1. The molecule has 0 saturated heterocycles. The Balaban J connectivity index is 1.67. The molecule has 0 spiro atoms. The minimum atomic E-state index is -0.420. The highest BCUT2D eigenvalue weighted by Gasteiger charge is 2.45. The number of nitrogens with two attached hydrogens (primary N) is 1. The van der Waals surface area contributed by atoms with Gasteiger partial charge in [0.25, 0.3) is 0 Å². The van der Waals surface area contributed by atoms with Gasteiger partial charge in [0.2, 0.25) is 11.8 Å². The lowest BCUT2D eigenvalue weighted by atomic mass is 9.75. The summed E-state index contributed by atoms with van der Waals surface area (Å²) in [6, 6.07) is 13.8. The normalized spacial score (nSPS) is 15.6. The Morgan fingerprint density at radius 3 is 2.60 bits per heavy atom. The molecule has 0 bridgehead atoms. The van der Waals surface area contributed by atoms with Crippen LogP contribution in [0.5, 0.6) is 0 Å². The Hall–Kier alpha value is -4.45. The van der Waals surface area contributed by atoms with Gasteiger partial charge in [0.05, 0.1) is 17.9 Å². The Morgan fingerprint density at radius 1 is 1.30 bits per heavy atom. The Morgan fingerprint density at radius 2 is 2.00 bits per heavy atom. The molecule has 0 aliphatic heterocycles. The number of pyridine rings is 1. The summed E-state index contributed by atoms with van der Waals surface area (Å²) in [6.07, 6.45) is 6.37. The number of aliphatic imine (C=N–C) groups is 1. The molecule has 40 heavy (non-hydrogen) atoms. The molecule has 1 amide bonds. The fourth-order valence-corrected chi connectivity index (χ4v) is 4.60. The van der Waals surface area contributed by atoms with Crippen LogP contribution < -0.4 is 5.73 Å². The van der Waals surface area contributed by atoms with Crippen molar-refractivity contribution in [1.82, 2.24) is 19.7 Å². The van der Waals surface area contributed by atoms with E-state index >= 15 is 0 Å². The second kappa shape index (κ2) is 11.7. The van der Waals surface area contributed by atoms with Gasteiger partial charge in [-0.2, -0.15) is 10.4 Å². The van der Waals surface area contributed by atoms with Crippen molar-refractivity contribution in [3.8, 4) is 17.2 Å². The van der Waals surface area contributed by atoms with E-state index in [2.05, 4.69) is 48.7 Å². The van der Waals surface area contributed by atoms with Gasteiger partial charge in [0.1, 0.15) is 18.4 Å². The zero-order valence-electron chi connectivity index (χ0n) is 23.9. The highest BCUT2D eigenvalue weighted by molar-refractivity contribution is 5.94. The molecular weight excluding hydrogens is 502 g/mol. The summed E-state index contributed by atoms with van der Waals surface area (Å²) in [5, 5.41) is 13.9. The van der Waals surface area contributed by atoms with Gasteiger partial charge in [0.15, 0.2) is 5.69 Å². The van der Waals surface area contributed by atoms with E-state index < -0.39 is 5.41 Å². The number of hydrogen-bond acceptors (Lipinski definition) is 7. The minimum absolute atomic E-state index is 0.0539. The first-order valence-corrected chi connectivity index (χ1v) is 13.5. The SMILES string of the molecule is C=C(N=C(OC(C)CC)c1cnn(CC(=O)N(C)C)c1)C(C)(c1ccc(-c2ccc(N)nc2C#N)cc1)C1CC1. The number of allylic oxidation sites excluding steroid dienone is 1. The van der Waals surface area contributed by atoms with Crippen molar-refractivity contribution >= 4 is 17.6 Å². The quantitative estimate of drug-likeness (QED) is 0.288. The number of benzene rings is 1. The van der Waals surface area contributed by atoms with E-state index in [1.807, 2.05) is 25.1 Å². The average Bonchev–Trinajstić information content (AvgIpc) is 3.71. The van der Waals surface area contributed by atoms with E-state index in [0.717, 1.165) is 36.0 Å². The summed E-state index contributed by atoms with van der Waals surface area (Å²) >= 11 is 0. The second-order valence-corrected chi connectivity index (χ2v) is 10.7. The predicted octanol–water partition coefficient (Wildman–Crippen LogP) is 4.93. The predicted molar refractivity (Wildman–Crippen MR) is 156 cm³/mol. The van der Waals surface area contributed by atoms with Crippen LogP contribution in [0.25, 0.3) is 11.1 Å². The summed E-state index contributed by atoms with van der Waals surface area (Å²) in [5.74, 6) is 1.10. The largest absolute Gasteiger partial charge is 0.474 e. The van der Waals surface area contributed by atoms with Crippen LogP contribution in [0, 0.1) is 17.2 Å². The molecule has 1 aliphatic carbocycles. The van der Waals surface area contributed by atoms with Crippen LogP contribution in [-0.2, 0) is 21.5 Å². The number of rotatable bonds is 10. The van der Waals surface area contributed by atoms with E-state index in [0.29, 0.717) is 34.6 Å². The zero-order chi connectivity index (χ0) is 29.0. The fraction of sp³-hybridized carbons (Fsp3) is 0.387. The van der Waals surface area contributed by atoms with Crippen LogP contribution in [0.1, 0.15) is 56.9 Å². The van der Waals surface area contributed by atoms with Gasteiger partial charge in [-0.1, -0.05) is 37.8 Å². The number of anilines is 1. The number of carbonyl (C=O) groups is 1. The van der Waals surface area contributed by atoms with E-state index in [-0.39, 0.29) is 18.6 Å². The van der Waals surface area contributed by atoms with Gasteiger partial charge in [-0.05, 0) is 62.3 Å². The maximum atomic E-state index is 12.2. The smallest absolute Gasteiger partial charge is 0.243 e. The van der Waals surface area contributed by atoms with Crippen LogP contribution in [0.4, 0.5) is 5.82 Å². The van der Waals surface area contributed by atoms with Gasteiger partial charge in [-0.15, -0.1) is 0 Å².